The Bertz CT molecular complexity index is 513. The number of benzene rings is 1. The lowest BCUT2D eigenvalue weighted by atomic mass is 10.1. The number of piperidine rings is 1. The molecule has 1 aliphatic carbocycles. The summed E-state index contributed by atoms with van der Waals surface area (Å²) in [5.41, 5.74) is 1.20. The highest BCUT2D eigenvalue weighted by Gasteiger charge is 2.37. The quantitative estimate of drug-likeness (QED) is 0.845. The van der Waals surface area contributed by atoms with E-state index in [2.05, 4.69) is 26.8 Å². The van der Waals surface area contributed by atoms with Gasteiger partial charge in [0.2, 0.25) is 0 Å². The van der Waals surface area contributed by atoms with Gasteiger partial charge in [-0.05, 0) is 37.3 Å². The molecule has 0 radical (unpaired) electrons. The summed E-state index contributed by atoms with van der Waals surface area (Å²) in [5.74, 6) is 1.02. The Morgan fingerprint density at radius 2 is 1.82 bits per heavy atom. The Balaban J connectivity index is 1.25. The third-order valence-electron chi connectivity index (χ3n) is 5.79. The average Bonchev–Trinajstić information content (AvgIpc) is 3.17. The Labute approximate surface area is 138 Å². The number of hydrogen-bond acceptors (Lipinski definition) is 3. The van der Waals surface area contributed by atoms with Gasteiger partial charge < -0.3 is 4.90 Å². The predicted octanol–water partition coefficient (Wildman–Crippen LogP) is 2.95. The molecule has 3 nitrogen and oxygen atoms in total. The minimum Gasteiger partial charge on any atom is -0.368 e. The summed E-state index contributed by atoms with van der Waals surface area (Å²) in [6, 6.07) is 9.13. The van der Waals surface area contributed by atoms with Crippen LogP contribution in [0.5, 0.6) is 0 Å². The Morgan fingerprint density at radius 1 is 1.00 bits per heavy atom. The zero-order valence-corrected chi connectivity index (χ0v) is 14.0. The molecule has 4 heteroatoms. The van der Waals surface area contributed by atoms with E-state index in [1.165, 1.54) is 44.6 Å². The molecule has 1 saturated carbocycles. The van der Waals surface area contributed by atoms with Crippen molar-refractivity contribution in [1.82, 2.24) is 9.80 Å². The van der Waals surface area contributed by atoms with E-state index in [9.17, 15) is 0 Å². The molecule has 3 fully saturated rings. The van der Waals surface area contributed by atoms with E-state index in [0.717, 1.165) is 43.2 Å². The van der Waals surface area contributed by atoms with Crippen molar-refractivity contribution in [2.45, 2.75) is 25.3 Å². The highest BCUT2D eigenvalue weighted by molar-refractivity contribution is 6.33. The van der Waals surface area contributed by atoms with Gasteiger partial charge in [-0.25, -0.2) is 0 Å². The van der Waals surface area contributed by atoms with Gasteiger partial charge in [-0.15, -0.1) is 0 Å². The molecule has 120 valence electrons. The van der Waals surface area contributed by atoms with Gasteiger partial charge in [0, 0.05) is 51.9 Å². The molecular formula is C18H26ClN3. The standard InChI is InChI=1S/C18H26ClN3/c19-17-3-1-2-4-18(17)21-10-7-20(8-11-21)9-12-22-14-15-5-6-16(22)13-15/h1-4,15-16H,5-14H2/t15-,16+/m0/s1. The molecule has 0 amide bonds. The molecule has 4 rings (SSSR count). The monoisotopic (exact) mass is 319 g/mol. The Hall–Kier alpha value is -0.770. The lowest BCUT2D eigenvalue weighted by Crippen LogP contribution is -2.49. The molecular weight excluding hydrogens is 294 g/mol. The fourth-order valence-electron chi connectivity index (χ4n) is 4.49. The summed E-state index contributed by atoms with van der Waals surface area (Å²) in [5, 5.41) is 0.879. The van der Waals surface area contributed by atoms with Gasteiger partial charge in [-0.2, -0.15) is 0 Å². The first-order valence-corrected chi connectivity index (χ1v) is 9.13. The summed E-state index contributed by atoms with van der Waals surface area (Å²) < 4.78 is 0. The number of fused-ring (bicyclic) bond motifs is 2. The second-order valence-electron chi connectivity index (χ2n) is 7.11. The zero-order valence-electron chi connectivity index (χ0n) is 13.3. The van der Waals surface area contributed by atoms with E-state index < -0.39 is 0 Å². The second-order valence-corrected chi connectivity index (χ2v) is 7.52. The SMILES string of the molecule is Clc1ccccc1N1CCN(CCN2C[C@H]3CC[C@@H]2C3)CC1. The largest absolute Gasteiger partial charge is 0.368 e. The van der Waals surface area contributed by atoms with Crippen molar-refractivity contribution in [3.63, 3.8) is 0 Å². The van der Waals surface area contributed by atoms with Crippen molar-refractivity contribution in [1.29, 1.82) is 0 Å². The highest BCUT2D eigenvalue weighted by atomic mass is 35.5. The van der Waals surface area contributed by atoms with Crippen LogP contribution in [0.3, 0.4) is 0 Å². The molecule has 0 aromatic heterocycles. The fraction of sp³-hybridized carbons (Fsp3) is 0.667. The van der Waals surface area contributed by atoms with Crippen LogP contribution in [0.15, 0.2) is 24.3 Å². The first-order chi connectivity index (χ1) is 10.8. The second kappa shape index (κ2) is 6.38. The van der Waals surface area contributed by atoms with Crippen LogP contribution in [0.2, 0.25) is 5.02 Å². The number of nitrogens with zero attached hydrogens (tertiary/aromatic N) is 3. The van der Waals surface area contributed by atoms with E-state index in [1.54, 1.807) is 0 Å². The summed E-state index contributed by atoms with van der Waals surface area (Å²) >= 11 is 6.32. The third kappa shape index (κ3) is 2.99. The molecule has 2 saturated heterocycles. The van der Waals surface area contributed by atoms with Crippen molar-refractivity contribution in [2.24, 2.45) is 5.92 Å². The van der Waals surface area contributed by atoms with Crippen LogP contribution < -0.4 is 4.90 Å². The van der Waals surface area contributed by atoms with Crippen LogP contribution in [0.1, 0.15) is 19.3 Å². The van der Waals surface area contributed by atoms with Gasteiger partial charge >= 0.3 is 0 Å². The molecule has 0 spiro atoms. The molecule has 2 atom stereocenters. The normalized spacial score (nSPS) is 29.4. The minimum absolute atomic E-state index is 0.879. The molecule has 2 heterocycles. The van der Waals surface area contributed by atoms with Gasteiger partial charge in [0.1, 0.15) is 0 Å². The maximum atomic E-state index is 6.32. The molecule has 0 unspecified atom stereocenters. The highest BCUT2D eigenvalue weighted by Crippen LogP contribution is 2.37. The molecule has 0 N–H and O–H groups in total. The smallest absolute Gasteiger partial charge is 0.0639 e. The number of hydrogen-bond donors (Lipinski definition) is 0. The van der Waals surface area contributed by atoms with E-state index in [4.69, 9.17) is 11.6 Å². The van der Waals surface area contributed by atoms with Crippen LogP contribution in [0.25, 0.3) is 0 Å². The molecule has 3 aliphatic rings. The van der Waals surface area contributed by atoms with Crippen LogP contribution in [0.4, 0.5) is 5.69 Å². The number of rotatable bonds is 4. The van der Waals surface area contributed by atoms with Gasteiger partial charge in [0.15, 0.2) is 0 Å². The van der Waals surface area contributed by atoms with E-state index in [1.807, 2.05) is 12.1 Å². The summed E-state index contributed by atoms with van der Waals surface area (Å²) in [6.07, 6.45) is 4.41. The number of halogens is 1. The fourth-order valence-corrected chi connectivity index (χ4v) is 4.75. The maximum Gasteiger partial charge on any atom is 0.0639 e. The molecule has 1 aromatic rings. The molecule has 2 bridgehead atoms. The lowest BCUT2D eigenvalue weighted by Gasteiger charge is -2.37. The number of piperazine rings is 1. The number of para-hydroxylation sites is 1. The van der Waals surface area contributed by atoms with Crippen LogP contribution in [-0.4, -0.2) is 61.7 Å². The topological polar surface area (TPSA) is 9.72 Å². The van der Waals surface area contributed by atoms with Crippen molar-refractivity contribution in [3.05, 3.63) is 29.3 Å². The summed E-state index contributed by atoms with van der Waals surface area (Å²) in [4.78, 5) is 7.80. The van der Waals surface area contributed by atoms with Gasteiger partial charge in [0.25, 0.3) is 0 Å². The van der Waals surface area contributed by atoms with Crippen LogP contribution in [-0.2, 0) is 0 Å². The summed E-state index contributed by atoms with van der Waals surface area (Å²) in [7, 11) is 0. The van der Waals surface area contributed by atoms with Crippen molar-refractivity contribution in [3.8, 4) is 0 Å². The first-order valence-electron chi connectivity index (χ1n) is 8.75. The van der Waals surface area contributed by atoms with Crippen molar-refractivity contribution in [2.75, 3.05) is 50.7 Å². The van der Waals surface area contributed by atoms with Gasteiger partial charge in [-0.1, -0.05) is 23.7 Å². The molecule has 1 aromatic carbocycles. The Morgan fingerprint density at radius 3 is 2.50 bits per heavy atom. The average molecular weight is 320 g/mol. The van der Waals surface area contributed by atoms with E-state index in [0.29, 0.717) is 0 Å². The van der Waals surface area contributed by atoms with E-state index >= 15 is 0 Å². The Kier molecular flexibility index (Phi) is 4.29. The minimum atomic E-state index is 0.879. The number of likely N-dealkylation sites (tertiary alicyclic amines) is 1. The molecule has 2 aliphatic heterocycles. The van der Waals surface area contributed by atoms with E-state index in [-0.39, 0.29) is 0 Å². The van der Waals surface area contributed by atoms with Gasteiger partial charge in [-0.3, -0.25) is 9.80 Å². The molecule has 22 heavy (non-hydrogen) atoms. The summed E-state index contributed by atoms with van der Waals surface area (Å²) in [6.45, 7) is 8.38. The van der Waals surface area contributed by atoms with Crippen LogP contribution in [0, 0.1) is 5.92 Å². The van der Waals surface area contributed by atoms with Crippen molar-refractivity contribution < 1.29 is 0 Å². The predicted molar refractivity (Wildman–Crippen MR) is 92.8 cm³/mol. The van der Waals surface area contributed by atoms with Crippen molar-refractivity contribution >= 4 is 17.3 Å². The zero-order chi connectivity index (χ0) is 14.9. The van der Waals surface area contributed by atoms with Gasteiger partial charge in [0.05, 0.1) is 10.7 Å². The number of anilines is 1. The maximum absolute atomic E-state index is 6.32. The first kappa shape index (κ1) is 14.8. The van der Waals surface area contributed by atoms with Crippen LogP contribution >= 0.6 is 11.6 Å². The third-order valence-corrected chi connectivity index (χ3v) is 6.11. The lowest BCUT2D eigenvalue weighted by molar-refractivity contribution is 0.167.